The molecule has 3 rings (SSSR count). The van der Waals surface area contributed by atoms with Gasteiger partial charge in [-0.25, -0.2) is 4.98 Å². The molecule has 116 valence electrons. The van der Waals surface area contributed by atoms with Crippen LogP contribution in [0, 0.1) is 0 Å². The Morgan fingerprint density at radius 2 is 2.00 bits per heavy atom. The summed E-state index contributed by atoms with van der Waals surface area (Å²) in [6.07, 6.45) is 2.02. The Kier molecular flexibility index (Phi) is 4.20. The van der Waals surface area contributed by atoms with Crippen LogP contribution < -0.4 is 11.1 Å². The second kappa shape index (κ2) is 6.27. The fourth-order valence-corrected chi connectivity index (χ4v) is 2.57. The molecule has 0 bridgehead atoms. The lowest BCUT2D eigenvalue weighted by Crippen LogP contribution is -2.09. The van der Waals surface area contributed by atoms with Gasteiger partial charge in [-0.05, 0) is 31.5 Å². The van der Waals surface area contributed by atoms with E-state index < -0.39 is 0 Å². The number of para-hydroxylation sites is 2. The Morgan fingerprint density at radius 1 is 1.18 bits per heavy atom. The molecule has 0 unspecified atom stereocenters. The number of hydrogen-bond donors (Lipinski definition) is 2. The van der Waals surface area contributed by atoms with E-state index in [0.717, 1.165) is 47.7 Å². The zero-order chi connectivity index (χ0) is 15.5. The largest absolute Gasteiger partial charge is 0.367 e. The van der Waals surface area contributed by atoms with Crippen LogP contribution in [0.5, 0.6) is 0 Å². The highest BCUT2D eigenvalue weighted by Gasteiger charge is 2.16. The van der Waals surface area contributed by atoms with Crippen LogP contribution >= 0.6 is 0 Å². The summed E-state index contributed by atoms with van der Waals surface area (Å²) in [5.41, 5.74) is 8.31. The summed E-state index contributed by atoms with van der Waals surface area (Å²) in [4.78, 5) is 4.71. The molecule has 6 nitrogen and oxygen atoms in total. The van der Waals surface area contributed by atoms with Gasteiger partial charge in [-0.2, -0.15) is 0 Å². The van der Waals surface area contributed by atoms with E-state index in [1.165, 1.54) is 0 Å². The van der Waals surface area contributed by atoms with Gasteiger partial charge in [-0.1, -0.05) is 26.0 Å². The number of nitrogens with two attached hydrogens (primary N) is 1. The van der Waals surface area contributed by atoms with Crippen LogP contribution in [0.1, 0.15) is 38.4 Å². The van der Waals surface area contributed by atoms with Crippen LogP contribution in [0.25, 0.3) is 16.7 Å². The average Bonchev–Trinajstić information content (AvgIpc) is 2.97. The lowest BCUT2D eigenvalue weighted by atomic mass is 10.2. The Hall–Kier alpha value is -2.21. The fraction of sp³-hybridized carbons (Fsp3) is 0.438. The Labute approximate surface area is 129 Å². The highest BCUT2D eigenvalue weighted by atomic mass is 15.3. The van der Waals surface area contributed by atoms with Crippen molar-refractivity contribution in [1.82, 2.24) is 19.6 Å². The molecule has 0 aliphatic rings. The average molecular weight is 298 g/mol. The van der Waals surface area contributed by atoms with Crippen molar-refractivity contribution in [3.63, 3.8) is 0 Å². The van der Waals surface area contributed by atoms with Gasteiger partial charge in [0, 0.05) is 12.5 Å². The Morgan fingerprint density at radius 3 is 2.77 bits per heavy atom. The topological polar surface area (TPSA) is 81.1 Å². The molecule has 2 heterocycles. The predicted molar refractivity (Wildman–Crippen MR) is 89.2 cm³/mol. The first-order valence-electron chi connectivity index (χ1n) is 7.80. The van der Waals surface area contributed by atoms with Crippen molar-refractivity contribution in [2.24, 2.45) is 5.73 Å². The van der Waals surface area contributed by atoms with E-state index in [-0.39, 0.29) is 0 Å². The van der Waals surface area contributed by atoms with Crippen molar-refractivity contribution in [1.29, 1.82) is 0 Å². The van der Waals surface area contributed by atoms with Crippen molar-refractivity contribution in [2.75, 3.05) is 18.4 Å². The molecule has 3 N–H and O–H groups in total. The van der Waals surface area contributed by atoms with Crippen LogP contribution in [0.3, 0.4) is 0 Å². The molecule has 0 saturated carbocycles. The van der Waals surface area contributed by atoms with Gasteiger partial charge in [0.1, 0.15) is 5.82 Å². The Balaban J connectivity index is 2.11. The molecule has 0 saturated heterocycles. The minimum Gasteiger partial charge on any atom is -0.367 e. The summed E-state index contributed by atoms with van der Waals surface area (Å²) in [6.45, 7) is 5.80. The quantitative estimate of drug-likeness (QED) is 0.684. The first-order valence-corrected chi connectivity index (χ1v) is 7.80. The zero-order valence-electron chi connectivity index (χ0n) is 13.1. The number of nitrogens with zero attached hydrogens (tertiary/aromatic N) is 4. The minimum atomic E-state index is 0.297. The van der Waals surface area contributed by atoms with Crippen LogP contribution in [-0.2, 0) is 0 Å². The molecule has 3 aromatic rings. The van der Waals surface area contributed by atoms with E-state index in [9.17, 15) is 0 Å². The minimum absolute atomic E-state index is 0.297. The fourth-order valence-electron chi connectivity index (χ4n) is 2.57. The number of rotatable bonds is 6. The summed E-state index contributed by atoms with van der Waals surface area (Å²) in [5.74, 6) is 2.04. The highest BCUT2D eigenvalue weighted by Crippen LogP contribution is 2.24. The van der Waals surface area contributed by atoms with Crippen molar-refractivity contribution < 1.29 is 0 Å². The zero-order valence-corrected chi connectivity index (χ0v) is 13.1. The maximum atomic E-state index is 5.54. The van der Waals surface area contributed by atoms with Gasteiger partial charge in [0.05, 0.1) is 11.0 Å². The van der Waals surface area contributed by atoms with E-state index in [4.69, 9.17) is 10.7 Å². The number of nitrogens with one attached hydrogen (secondary N) is 1. The van der Waals surface area contributed by atoms with Gasteiger partial charge in [-0.15, -0.1) is 10.2 Å². The maximum absolute atomic E-state index is 5.54. The van der Waals surface area contributed by atoms with Crippen molar-refractivity contribution in [3.8, 4) is 0 Å². The Bertz CT molecular complexity index is 777. The number of aromatic nitrogens is 4. The van der Waals surface area contributed by atoms with E-state index in [1.54, 1.807) is 0 Å². The molecule has 22 heavy (non-hydrogen) atoms. The molecular formula is C16H22N6. The van der Waals surface area contributed by atoms with Crippen molar-refractivity contribution in [3.05, 3.63) is 30.1 Å². The van der Waals surface area contributed by atoms with E-state index in [1.807, 2.05) is 18.2 Å². The van der Waals surface area contributed by atoms with E-state index >= 15 is 0 Å². The van der Waals surface area contributed by atoms with Crippen LogP contribution in [-0.4, -0.2) is 32.7 Å². The standard InChI is InChI=1S/C16H22N6/c1-11(2)15-20-21-16-14(18-10-6-5-9-17)19-12-7-3-4-8-13(12)22(15)16/h3-4,7-8,11H,5-6,9-10,17H2,1-2H3,(H,18,19). The molecule has 0 radical (unpaired) electrons. The van der Waals surface area contributed by atoms with Crippen molar-refractivity contribution in [2.45, 2.75) is 32.6 Å². The second-order valence-corrected chi connectivity index (χ2v) is 5.74. The highest BCUT2D eigenvalue weighted by molar-refractivity contribution is 5.82. The third-order valence-electron chi connectivity index (χ3n) is 3.69. The lowest BCUT2D eigenvalue weighted by molar-refractivity contribution is 0.765. The van der Waals surface area contributed by atoms with Gasteiger partial charge in [0.15, 0.2) is 5.82 Å². The monoisotopic (exact) mass is 298 g/mol. The number of unbranched alkanes of at least 4 members (excludes halogenated alkanes) is 1. The molecule has 0 atom stereocenters. The van der Waals surface area contributed by atoms with Crippen molar-refractivity contribution >= 4 is 22.5 Å². The van der Waals surface area contributed by atoms with Gasteiger partial charge in [0.2, 0.25) is 5.65 Å². The second-order valence-electron chi connectivity index (χ2n) is 5.74. The summed E-state index contributed by atoms with van der Waals surface area (Å²) in [6, 6.07) is 8.09. The SMILES string of the molecule is CC(C)c1nnc2c(NCCCCN)nc3ccccc3n12. The lowest BCUT2D eigenvalue weighted by Gasteiger charge is -2.11. The molecule has 0 aliphatic heterocycles. The van der Waals surface area contributed by atoms with Crippen LogP contribution in [0.15, 0.2) is 24.3 Å². The summed E-state index contributed by atoms with van der Waals surface area (Å²) >= 11 is 0. The first kappa shape index (κ1) is 14.7. The molecule has 0 fully saturated rings. The molecular weight excluding hydrogens is 276 g/mol. The number of hydrogen-bond acceptors (Lipinski definition) is 5. The molecule has 2 aromatic heterocycles. The number of benzene rings is 1. The molecule has 0 amide bonds. The summed E-state index contributed by atoms with van der Waals surface area (Å²) < 4.78 is 2.11. The molecule has 1 aromatic carbocycles. The normalized spacial score (nSPS) is 11.6. The number of anilines is 1. The van der Waals surface area contributed by atoms with Crippen LogP contribution in [0.4, 0.5) is 5.82 Å². The van der Waals surface area contributed by atoms with Crippen LogP contribution in [0.2, 0.25) is 0 Å². The van der Waals surface area contributed by atoms with Gasteiger partial charge in [0.25, 0.3) is 0 Å². The number of fused-ring (bicyclic) bond motifs is 3. The first-order chi connectivity index (χ1) is 10.7. The maximum Gasteiger partial charge on any atom is 0.204 e. The molecule has 0 aliphatic carbocycles. The summed E-state index contributed by atoms with van der Waals surface area (Å²) in [5, 5.41) is 12.1. The van der Waals surface area contributed by atoms with E-state index in [2.05, 4.69) is 39.8 Å². The van der Waals surface area contributed by atoms with E-state index in [0.29, 0.717) is 12.5 Å². The van der Waals surface area contributed by atoms with Gasteiger partial charge < -0.3 is 11.1 Å². The summed E-state index contributed by atoms with van der Waals surface area (Å²) in [7, 11) is 0. The molecule has 6 heteroatoms. The third-order valence-corrected chi connectivity index (χ3v) is 3.69. The predicted octanol–water partition coefficient (Wildman–Crippen LogP) is 2.55. The molecule has 0 spiro atoms. The van der Waals surface area contributed by atoms with Gasteiger partial charge in [-0.3, -0.25) is 4.40 Å². The van der Waals surface area contributed by atoms with Gasteiger partial charge >= 0.3 is 0 Å². The third kappa shape index (κ3) is 2.62. The smallest absolute Gasteiger partial charge is 0.204 e.